The summed E-state index contributed by atoms with van der Waals surface area (Å²) in [4.78, 5) is 22.8. The van der Waals surface area contributed by atoms with Crippen molar-refractivity contribution in [2.24, 2.45) is 0 Å². The fourth-order valence-electron chi connectivity index (χ4n) is 1.68. The first kappa shape index (κ1) is 21.5. The van der Waals surface area contributed by atoms with E-state index in [9.17, 15) is 22.8 Å². The number of benzene rings is 1. The summed E-state index contributed by atoms with van der Waals surface area (Å²) in [5.41, 5.74) is -3.49. The molecule has 5 nitrogen and oxygen atoms in total. The molecule has 10 heteroatoms. The number of thioether (sulfide) groups is 2. The lowest BCUT2D eigenvalue weighted by atomic mass is 10.2. The zero-order valence-corrected chi connectivity index (χ0v) is 14.8. The summed E-state index contributed by atoms with van der Waals surface area (Å²) in [7, 11) is 0. The van der Waals surface area contributed by atoms with Gasteiger partial charge in [0.1, 0.15) is 12.6 Å². The Bertz CT molecular complexity index is 543. The van der Waals surface area contributed by atoms with E-state index < -0.39 is 23.6 Å². The highest BCUT2D eigenvalue weighted by Crippen LogP contribution is 2.30. The van der Waals surface area contributed by atoms with Crippen LogP contribution in [0.15, 0.2) is 30.3 Å². The van der Waals surface area contributed by atoms with Crippen molar-refractivity contribution >= 4 is 35.6 Å². The molecule has 1 aromatic carbocycles. The van der Waals surface area contributed by atoms with Crippen LogP contribution in [0.1, 0.15) is 12.0 Å². The summed E-state index contributed by atoms with van der Waals surface area (Å²) in [6.45, 7) is 0.0163. The van der Waals surface area contributed by atoms with Crippen LogP contribution in [0.4, 0.5) is 18.0 Å². The molecule has 0 aliphatic carbocycles. The summed E-state index contributed by atoms with van der Waals surface area (Å²) < 4.78 is 40.8. The number of rotatable bonds is 10. The van der Waals surface area contributed by atoms with Crippen LogP contribution in [0, 0.1) is 0 Å². The van der Waals surface area contributed by atoms with Gasteiger partial charge in [-0.25, -0.2) is 9.59 Å². The number of hydrogen-bond acceptors (Lipinski definition) is 5. The molecule has 2 N–H and O–H groups in total. The predicted molar refractivity (Wildman–Crippen MR) is 91.6 cm³/mol. The number of alkyl halides is 3. The maximum atomic E-state index is 12.0. The molecular weight excluding hydrogens is 379 g/mol. The fourth-order valence-corrected chi connectivity index (χ4v) is 3.33. The normalized spacial score (nSPS) is 12.4. The van der Waals surface area contributed by atoms with Crippen molar-refractivity contribution in [3.8, 4) is 0 Å². The zero-order valence-electron chi connectivity index (χ0n) is 13.1. The van der Waals surface area contributed by atoms with Crippen LogP contribution in [-0.2, 0) is 16.1 Å². The van der Waals surface area contributed by atoms with Gasteiger partial charge in [-0.2, -0.15) is 24.9 Å². The molecule has 140 valence electrons. The second-order valence-electron chi connectivity index (χ2n) is 4.79. The van der Waals surface area contributed by atoms with Gasteiger partial charge in [0.05, 0.1) is 0 Å². The van der Waals surface area contributed by atoms with Crippen LogP contribution in [0.5, 0.6) is 0 Å². The van der Waals surface area contributed by atoms with Gasteiger partial charge in [-0.3, -0.25) is 0 Å². The second kappa shape index (κ2) is 11.1. The Morgan fingerprint density at radius 1 is 1.16 bits per heavy atom. The molecule has 1 aromatic rings. The number of carbonyl (C=O) groups excluding carboxylic acids is 1. The maximum Gasteiger partial charge on any atom is 0.441 e. The topological polar surface area (TPSA) is 75.6 Å². The van der Waals surface area contributed by atoms with Crippen molar-refractivity contribution in [3.63, 3.8) is 0 Å². The highest BCUT2D eigenvalue weighted by Gasteiger charge is 2.27. The van der Waals surface area contributed by atoms with Crippen molar-refractivity contribution in [2.45, 2.75) is 24.6 Å². The first-order valence-corrected chi connectivity index (χ1v) is 9.40. The number of halogens is 3. The smallest absolute Gasteiger partial charge is 0.441 e. The van der Waals surface area contributed by atoms with Gasteiger partial charge in [0.2, 0.25) is 0 Å². The molecule has 0 radical (unpaired) electrons. The molecule has 1 atom stereocenters. The van der Waals surface area contributed by atoms with Gasteiger partial charge in [-0.1, -0.05) is 42.1 Å². The molecule has 0 aromatic heterocycles. The first-order valence-electron chi connectivity index (χ1n) is 7.26. The van der Waals surface area contributed by atoms with Crippen molar-refractivity contribution in [2.75, 3.05) is 17.3 Å². The van der Waals surface area contributed by atoms with Crippen LogP contribution < -0.4 is 5.32 Å². The average Bonchev–Trinajstić information content (AvgIpc) is 2.54. The molecule has 0 spiro atoms. The second-order valence-corrected chi connectivity index (χ2v) is 7.18. The highest BCUT2D eigenvalue weighted by molar-refractivity contribution is 8.03. The lowest BCUT2D eigenvalue weighted by Gasteiger charge is -2.14. The Labute approximate surface area is 151 Å². The van der Waals surface area contributed by atoms with Gasteiger partial charge in [-0.15, -0.1) is 0 Å². The summed E-state index contributed by atoms with van der Waals surface area (Å²) >= 11 is 1.09. The van der Waals surface area contributed by atoms with E-state index in [0.717, 1.165) is 5.56 Å². The summed E-state index contributed by atoms with van der Waals surface area (Å²) in [6, 6.07) is 7.76. The summed E-state index contributed by atoms with van der Waals surface area (Å²) in [6.07, 6.45) is -0.759. The van der Waals surface area contributed by atoms with E-state index in [1.54, 1.807) is 24.3 Å². The number of aliphatic carboxylic acids is 1. The molecule has 0 bridgehead atoms. The Hall–Kier alpha value is -1.55. The van der Waals surface area contributed by atoms with Crippen LogP contribution in [0.3, 0.4) is 0 Å². The SMILES string of the molecule is O=C(NC(CCSCCSC(F)(F)F)C(=O)O)OCc1ccccc1. The standard InChI is InChI=1S/C15H18F3NO4S2/c16-15(17,18)25-9-8-24-7-6-12(13(20)21)19-14(22)23-10-11-4-2-1-3-5-11/h1-5,12H,6-10H2,(H,19,22)(H,20,21). The third-order valence-electron chi connectivity index (χ3n) is 2.85. The van der Waals surface area contributed by atoms with Gasteiger partial charge in [-0.05, 0) is 17.7 Å². The van der Waals surface area contributed by atoms with Crippen molar-refractivity contribution in [1.29, 1.82) is 0 Å². The van der Waals surface area contributed by atoms with Gasteiger partial charge in [0, 0.05) is 11.5 Å². The first-order chi connectivity index (χ1) is 11.8. The van der Waals surface area contributed by atoms with Gasteiger partial charge >= 0.3 is 17.6 Å². The number of carboxylic acid groups (broad SMARTS) is 1. The van der Waals surface area contributed by atoms with Gasteiger partial charge in [0.25, 0.3) is 0 Å². The van der Waals surface area contributed by atoms with Crippen LogP contribution in [0.2, 0.25) is 0 Å². The molecule has 0 saturated heterocycles. The van der Waals surface area contributed by atoms with Gasteiger partial charge in [0.15, 0.2) is 0 Å². The minimum Gasteiger partial charge on any atom is -0.480 e. The minimum atomic E-state index is -4.26. The molecule has 1 unspecified atom stereocenters. The predicted octanol–water partition coefficient (Wildman–Crippen LogP) is 3.74. The highest BCUT2D eigenvalue weighted by atomic mass is 32.2. The Balaban J connectivity index is 2.24. The molecular formula is C15H18F3NO4S2. The van der Waals surface area contributed by atoms with Crippen LogP contribution >= 0.6 is 23.5 Å². The average molecular weight is 397 g/mol. The molecule has 1 rings (SSSR count). The minimum absolute atomic E-state index is 0.0163. The molecule has 0 aliphatic rings. The Morgan fingerprint density at radius 3 is 2.44 bits per heavy atom. The molecule has 0 aliphatic heterocycles. The van der Waals surface area contributed by atoms with E-state index in [4.69, 9.17) is 9.84 Å². The van der Waals surface area contributed by atoms with E-state index in [-0.39, 0.29) is 36.3 Å². The van der Waals surface area contributed by atoms with E-state index >= 15 is 0 Å². The van der Waals surface area contributed by atoms with Crippen molar-refractivity contribution < 1.29 is 32.6 Å². The Kier molecular flexibility index (Phi) is 9.58. The lowest BCUT2D eigenvalue weighted by molar-refractivity contribution is -0.139. The van der Waals surface area contributed by atoms with E-state index in [1.165, 1.54) is 11.8 Å². The van der Waals surface area contributed by atoms with E-state index in [1.807, 2.05) is 6.07 Å². The van der Waals surface area contributed by atoms with Crippen molar-refractivity contribution in [3.05, 3.63) is 35.9 Å². The molecule has 0 saturated carbocycles. The largest absolute Gasteiger partial charge is 0.480 e. The number of carbonyl (C=O) groups is 2. The third kappa shape index (κ3) is 10.8. The molecule has 25 heavy (non-hydrogen) atoms. The molecule has 0 fully saturated rings. The number of hydrogen-bond donors (Lipinski definition) is 2. The summed E-state index contributed by atoms with van der Waals surface area (Å²) in [5.74, 6) is -0.760. The molecule has 1 amide bonds. The van der Waals surface area contributed by atoms with E-state index in [2.05, 4.69) is 5.32 Å². The van der Waals surface area contributed by atoms with Crippen LogP contribution in [0.25, 0.3) is 0 Å². The maximum absolute atomic E-state index is 12.0. The monoisotopic (exact) mass is 397 g/mol. The molecule has 0 heterocycles. The zero-order chi connectivity index (χ0) is 18.7. The Morgan fingerprint density at radius 2 is 1.84 bits per heavy atom. The van der Waals surface area contributed by atoms with Crippen molar-refractivity contribution in [1.82, 2.24) is 5.32 Å². The van der Waals surface area contributed by atoms with Crippen LogP contribution in [-0.4, -0.2) is 46.0 Å². The summed E-state index contributed by atoms with van der Waals surface area (Å²) in [5, 5.41) is 11.3. The quantitative estimate of drug-likeness (QED) is 0.586. The number of alkyl carbamates (subject to hydrolysis) is 1. The number of nitrogens with one attached hydrogen (secondary N) is 1. The van der Waals surface area contributed by atoms with Gasteiger partial charge < -0.3 is 15.2 Å². The number of ether oxygens (including phenoxy) is 1. The number of amides is 1. The fraction of sp³-hybridized carbons (Fsp3) is 0.467. The van der Waals surface area contributed by atoms with E-state index in [0.29, 0.717) is 5.75 Å². The lowest BCUT2D eigenvalue weighted by Crippen LogP contribution is -2.41. The number of carboxylic acids is 1. The third-order valence-corrected chi connectivity index (χ3v) is 4.86.